The summed E-state index contributed by atoms with van der Waals surface area (Å²) in [7, 11) is 0. The van der Waals surface area contributed by atoms with Gasteiger partial charge in [-0.3, -0.25) is 4.79 Å². The van der Waals surface area contributed by atoms with Gasteiger partial charge in [0.1, 0.15) is 11.1 Å². The van der Waals surface area contributed by atoms with Gasteiger partial charge < -0.3 is 19.3 Å². The Kier molecular flexibility index (Phi) is 6.24. The molecule has 2 saturated heterocycles. The van der Waals surface area contributed by atoms with Crippen LogP contribution in [0.25, 0.3) is 0 Å². The van der Waals surface area contributed by atoms with Crippen LogP contribution in [0.2, 0.25) is 5.02 Å². The number of hydrogen-bond donors (Lipinski definition) is 0. The number of rotatable bonds is 4. The normalized spacial score (nSPS) is 19.5. The first-order valence-electron chi connectivity index (χ1n) is 9.93. The van der Waals surface area contributed by atoms with Crippen LogP contribution in [0.5, 0.6) is 5.88 Å². The summed E-state index contributed by atoms with van der Waals surface area (Å²) < 4.78 is 49.8. The summed E-state index contributed by atoms with van der Waals surface area (Å²) in [6, 6.07) is 6.75. The number of carbonyl (C=O) groups excluding carboxylic acids is 1. The van der Waals surface area contributed by atoms with Gasteiger partial charge in [0, 0.05) is 44.5 Å². The SMILES string of the molecule is O=C(c1cnc(OC2CCOC2)c(Cl)c1)N1CCN(c2cccc(C(F)(F)F)c2)CC1. The summed E-state index contributed by atoms with van der Waals surface area (Å²) in [5.41, 5.74) is 0.146. The molecule has 6 nitrogen and oxygen atoms in total. The fourth-order valence-corrected chi connectivity index (χ4v) is 3.83. The second kappa shape index (κ2) is 8.92. The molecule has 4 rings (SSSR count). The molecule has 0 aliphatic carbocycles. The van der Waals surface area contributed by atoms with Crippen molar-refractivity contribution < 1.29 is 27.4 Å². The summed E-state index contributed by atoms with van der Waals surface area (Å²) in [5.74, 6) is 0.0388. The third-order valence-electron chi connectivity index (χ3n) is 5.33. The van der Waals surface area contributed by atoms with E-state index in [2.05, 4.69) is 4.98 Å². The fraction of sp³-hybridized carbons (Fsp3) is 0.429. The van der Waals surface area contributed by atoms with Gasteiger partial charge >= 0.3 is 6.18 Å². The van der Waals surface area contributed by atoms with Crippen LogP contribution in [0.15, 0.2) is 36.5 Å². The van der Waals surface area contributed by atoms with Gasteiger partial charge in [0.2, 0.25) is 5.88 Å². The van der Waals surface area contributed by atoms with Crippen LogP contribution >= 0.6 is 11.6 Å². The molecule has 2 fully saturated rings. The number of aromatic nitrogens is 1. The Morgan fingerprint density at radius 3 is 2.61 bits per heavy atom. The number of alkyl halides is 3. The van der Waals surface area contributed by atoms with Crippen molar-refractivity contribution in [1.82, 2.24) is 9.88 Å². The van der Waals surface area contributed by atoms with Crippen LogP contribution in [-0.4, -0.2) is 61.3 Å². The average molecular weight is 456 g/mol. The summed E-state index contributed by atoms with van der Waals surface area (Å²) in [5, 5.41) is 0.250. The van der Waals surface area contributed by atoms with Crippen molar-refractivity contribution in [2.75, 3.05) is 44.3 Å². The van der Waals surface area contributed by atoms with Gasteiger partial charge in [-0.1, -0.05) is 17.7 Å². The van der Waals surface area contributed by atoms with Gasteiger partial charge in [-0.25, -0.2) is 4.98 Å². The molecule has 1 aromatic carbocycles. The van der Waals surface area contributed by atoms with Gasteiger partial charge in [0.15, 0.2) is 0 Å². The van der Waals surface area contributed by atoms with Crippen LogP contribution < -0.4 is 9.64 Å². The number of anilines is 1. The zero-order valence-corrected chi connectivity index (χ0v) is 17.3. The Morgan fingerprint density at radius 2 is 1.97 bits per heavy atom. The second-order valence-corrected chi connectivity index (χ2v) is 7.85. The van der Waals surface area contributed by atoms with E-state index in [0.29, 0.717) is 50.6 Å². The number of nitrogens with zero attached hydrogens (tertiary/aromatic N) is 3. The molecule has 0 saturated carbocycles. The Hall–Kier alpha value is -2.52. The van der Waals surface area contributed by atoms with Crippen molar-refractivity contribution in [3.05, 3.63) is 52.7 Å². The highest BCUT2D eigenvalue weighted by molar-refractivity contribution is 6.32. The van der Waals surface area contributed by atoms with Gasteiger partial charge in [-0.2, -0.15) is 13.2 Å². The number of carbonyl (C=O) groups is 1. The summed E-state index contributed by atoms with van der Waals surface area (Å²) in [6.45, 7) is 2.73. The molecule has 2 aromatic rings. The van der Waals surface area contributed by atoms with E-state index in [4.69, 9.17) is 21.1 Å². The van der Waals surface area contributed by atoms with E-state index in [1.807, 2.05) is 4.90 Å². The van der Waals surface area contributed by atoms with Crippen molar-refractivity contribution >= 4 is 23.2 Å². The monoisotopic (exact) mass is 455 g/mol. The van der Waals surface area contributed by atoms with Gasteiger partial charge in [0.25, 0.3) is 5.91 Å². The molecule has 2 aliphatic heterocycles. The first-order chi connectivity index (χ1) is 14.8. The molecule has 1 aromatic heterocycles. The lowest BCUT2D eigenvalue weighted by Crippen LogP contribution is -2.48. The summed E-state index contributed by atoms with van der Waals surface area (Å²) >= 11 is 6.25. The molecule has 1 atom stereocenters. The minimum atomic E-state index is -4.39. The molecule has 31 heavy (non-hydrogen) atoms. The zero-order chi connectivity index (χ0) is 22.0. The van der Waals surface area contributed by atoms with Gasteiger partial charge in [0.05, 0.1) is 24.3 Å². The molecule has 0 bridgehead atoms. The largest absolute Gasteiger partial charge is 0.471 e. The maximum Gasteiger partial charge on any atom is 0.416 e. The quantitative estimate of drug-likeness (QED) is 0.700. The van der Waals surface area contributed by atoms with E-state index < -0.39 is 11.7 Å². The Balaban J connectivity index is 1.37. The summed E-state index contributed by atoms with van der Waals surface area (Å²) in [6.07, 6.45) is -2.30. The van der Waals surface area contributed by atoms with E-state index in [0.717, 1.165) is 18.6 Å². The number of benzene rings is 1. The number of ether oxygens (including phenoxy) is 2. The molecule has 1 amide bonds. The zero-order valence-electron chi connectivity index (χ0n) is 16.6. The van der Waals surface area contributed by atoms with E-state index in [1.165, 1.54) is 18.3 Å². The molecule has 166 valence electrons. The van der Waals surface area contributed by atoms with Crippen LogP contribution in [0.1, 0.15) is 22.3 Å². The highest BCUT2D eigenvalue weighted by Crippen LogP contribution is 2.32. The van der Waals surface area contributed by atoms with Gasteiger partial charge in [-0.05, 0) is 24.3 Å². The number of halogens is 4. The lowest BCUT2D eigenvalue weighted by atomic mass is 10.1. The smallest absolute Gasteiger partial charge is 0.416 e. The van der Waals surface area contributed by atoms with E-state index in [1.54, 1.807) is 11.0 Å². The highest BCUT2D eigenvalue weighted by Gasteiger charge is 2.31. The minimum absolute atomic E-state index is 0.101. The third kappa shape index (κ3) is 5.04. The Morgan fingerprint density at radius 1 is 1.19 bits per heavy atom. The van der Waals surface area contributed by atoms with E-state index in [9.17, 15) is 18.0 Å². The summed E-state index contributed by atoms with van der Waals surface area (Å²) in [4.78, 5) is 20.5. The van der Waals surface area contributed by atoms with Crippen molar-refractivity contribution in [1.29, 1.82) is 0 Å². The van der Waals surface area contributed by atoms with Crippen molar-refractivity contribution in [3.8, 4) is 5.88 Å². The van der Waals surface area contributed by atoms with Crippen molar-refractivity contribution in [2.24, 2.45) is 0 Å². The van der Waals surface area contributed by atoms with Crippen LogP contribution in [0, 0.1) is 0 Å². The molecule has 1 unspecified atom stereocenters. The maximum absolute atomic E-state index is 13.0. The Bertz CT molecular complexity index is 943. The molecule has 3 heterocycles. The first-order valence-corrected chi connectivity index (χ1v) is 10.3. The maximum atomic E-state index is 13.0. The molecular formula is C21H21ClF3N3O3. The predicted octanol–water partition coefficient (Wildman–Crippen LogP) is 3.88. The number of pyridine rings is 1. The standard InChI is InChI=1S/C21H21ClF3N3O3/c22-18-10-14(12-26-19(18)31-17-4-9-30-13-17)20(29)28-7-5-27(6-8-28)16-3-1-2-15(11-16)21(23,24)25/h1-3,10-12,17H,4-9,13H2. The van der Waals surface area contributed by atoms with E-state index >= 15 is 0 Å². The fourth-order valence-electron chi connectivity index (χ4n) is 3.62. The molecule has 0 N–H and O–H groups in total. The van der Waals surface area contributed by atoms with Crippen molar-refractivity contribution in [3.63, 3.8) is 0 Å². The molecule has 10 heteroatoms. The third-order valence-corrected chi connectivity index (χ3v) is 5.60. The lowest BCUT2D eigenvalue weighted by Gasteiger charge is -2.36. The second-order valence-electron chi connectivity index (χ2n) is 7.44. The molecule has 0 spiro atoms. The molecule has 0 radical (unpaired) electrons. The van der Waals surface area contributed by atoms with Crippen LogP contribution in [-0.2, 0) is 10.9 Å². The number of amides is 1. The predicted molar refractivity (Wildman–Crippen MR) is 109 cm³/mol. The number of piperazine rings is 1. The van der Waals surface area contributed by atoms with E-state index in [-0.39, 0.29) is 22.9 Å². The first kappa shape index (κ1) is 21.7. The molecule has 2 aliphatic rings. The van der Waals surface area contributed by atoms with Crippen molar-refractivity contribution in [2.45, 2.75) is 18.7 Å². The topological polar surface area (TPSA) is 54.9 Å². The van der Waals surface area contributed by atoms with Crippen LogP contribution in [0.3, 0.4) is 0 Å². The van der Waals surface area contributed by atoms with Crippen LogP contribution in [0.4, 0.5) is 18.9 Å². The minimum Gasteiger partial charge on any atom is -0.471 e. The molecular weight excluding hydrogens is 435 g/mol. The average Bonchev–Trinajstić information content (AvgIpc) is 3.27. The Labute approximate surface area is 182 Å². The highest BCUT2D eigenvalue weighted by atomic mass is 35.5. The van der Waals surface area contributed by atoms with Gasteiger partial charge in [-0.15, -0.1) is 0 Å². The lowest BCUT2D eigenvalue weighted by molar-refractivity contribution is -0.137. The number of hydrogen-bond acceptors (Lipinski definition) is 5.